The highest BCUT2D eigenvalue weighted by Crippen LogP contribution is 2.01. The summed E-state index contributed by atoms with van der Waals surface area (Å²) in [6.07, 6.45) is 0.711. The number of urea groups is 1. The van der Waals surface area contributed by atoms with Crippen molar-refractivity contribution < 1.29 is 4.79 Å². The van der Waals surface area contributed by atoms with E-state index in [1.165, 1.54) is 0 Å². The summed E-state index contributed by atoms with van der Waals surface area (Å²) in [5.41, 5.74) is 0. The molecule has 1 heterocycles. The summed E-state index contributed by atoms with van der Waals surface area (Å²) in [6.45, 7) is 3.36. The van der Waals surface area contributed by atoms with Gasteiger partial charge in [0.25, 0.3) is 0 Å². The maximum atomic E-state index is 11.1. The summed E-state index contributed by atoms with van der Waals surface area (Å²) < 4.78 is 3.40. The molecule has 0 unspecified atom stereocenters. The number of hydrogen-bond donors (Lipinski definition) is 1. The Bertz CT molecular complexity index is 192. The Hall–Kier alpha value is -0.770. The van der Waals surface area contributed by atoms with Gasteiger partial charge in [-0.3, -0.25) is 5.32 Å². The second kappa shape index (κ2) is 3.57. The van der Waals surface area contributed by atoms with Crippen molar-refractivity contribution in [2.45, 2.75) is 13.3 Å². The maximum absolute atomic E-state index is 11.1. The summed E-state index contributed by atoms with van der Waals surface area (Å²) >= 11 is 5.19. The fraction of sp³-hybridized carbons (Fsp3) is 0.667. The summed E-state index contributed by atoms with van der Waals surface area (Å²) in [5, 5.41) is 2.57. The standard InChI is InChI=1S/C6H10ClN3O/c1-2-10-4-3-5(9-7)8-6(10)11/h2-4H2,1H3,(H,8,9,11). The number of halogens is 1. The number of nitrogens with one attached hydrogen (secondary N) is 1. The molecule has 0 spiro atoms. The molecule has 0 aromatic heterocycles. The van der Waals surface area contributed by atoms with Gasteiger partial charge in [0.1, 0.15) is 5.84 Å². The summed E-state index contributed by atoms with van der Waals surface area (Å²) in [5.74, 6) is 0.557. The van der Waals surface area contributed by atoms with Crippen molar-refractivity contribution in [1.82, 2.24) is 10.2 Å². The van der Waals surface area contributed by atoms with E-state index in [9.17, 15) is 4.79 Å². The zero-order valence-corrected chi connectivity index (χ0v) is 7.06. The molecule has 1 saturated heterocycles. The molecule has 5 heteroatoms. The van der Waals surface area contributed by atoms with E-state index in [0.29, 0.717) is 18.8 Å². The molecular weight excluding hydrogens is 166 g/mol. The summed E-state index contributed by atoms with van der Waals surface area (Å²) in [4.78, 5) is 12.8. The topological polar surface area (TPSA) is 44.7 Å². The Morgan fingerprint density at radius 3 is 3.00 bits per heavy atom. The first-order valence-electron chi connectivity index (χ1n) is 3.51. The zero-order valence-electron chi connectivity index (χ0n) is 6.30. The van der Waals surface area contributed by atoms with Gasteiger partial charge in [-0.05, 0) is 6.92 Å². The average molecular weight is 176 g/mol. The van der Waals surface area contributed by atoms with Crippen LogP contribution in [0.5, 0.6) is 0 Å². The van der Waals surface area contributed by atoms with Crippen LogP contribution in [0, 0.1) is 0 Å². The normalized spacial score (nSPS) is 22.2. The van der Waals surface area contributed by atoms with Crippen molar-refractivity contribution in [1.29, 1.82) is 0 Å². The van der Waals surface area contributed by atoms with Crippen LogP contribution in [0.25, 0.3) is 0 Å². The van der Waals surface area contributed by atoms with Gasteiger partial charge >= 0.3 is 6.03 Å². The minimum absolute atomic E-state index is 0.113. The highest BCUT2D eigenvalue weighted by Gasteiger charge is 2.19. The fourth-order valence-corrected chi connectivity index (χ4v) is 1.10. The molecule has 0 radical (unpaired) electrons. The number of carbonyl (C=O) groups is 1. The summed E-state index contributed by atoms with van der Waals surface area (Å²) in [6, 6.07) is -0.113. The second-order valence-electron chi connectivity index (χ2n) is 2.29. The SMILES string of the molecule is CCN1CCC(=NCl)NC1=O. The van der Waals surface area contributed by atoms with Gasteiger partial charge in [-0.1, -0.05) is 0 Å². The number of amides is 2. The van der Waals surface area contributed by atoms with E-state index in [4.69, 9.17) is 11.8 Å². The van der Waals surface area contributed by atoms with Gasteiger partial charge in [0.05, 0.1) is 0 Å². The van der Waals surface area contributed by atoms with Gasteiger partial charge in [-0.25, -0.2) is 4.79 Å². The lowest BCUT2D eigenvalue weighted by Gasteiger charge is -2.26. The van der Waals surface area contributed by atoms with Crippen molar-refractivity contribution in [3.8, 4) is 0 Å². The van der Waals surface area contributed by atoms with Crippen molar-refractivity contribution in [3.05, 3.63) is 0 Å². The molecular formula is C6H10ClN3O. The van der Waals surface area contributed by atoms with Crippen LogP contribution in [-0.2, 0) is 0 Å². The third kappa shape index (κ3) is 1.83. The highest BCUT2D eigenvalue weighted by molar-refractivity contribution is 6.21. The van der Waals surface area contributed by atoms with Gasteiger partial charge < -0.3 is 4.90 Å². The molecule has 0 saturated carbocycles. The molecule has 62 valence electrons. The minimum atomic E-state index is -0.113. The van der Waals surface area contributed by atoms with Crippen LogP contribution in [0.4, 0.5) is 4.79 Å². The van der Waals surface area contributed by atoms with E-state index >= 15 is 0 Å². The molecule has 1 N–H and O–H groups in total. The van der Waals surface area contributed by atoms with E-state index in [1.807, 2.05) is 6.92 Å². The maximum Gasteiger partial charge on any atom is 0.322 e. The monoisotopic (exact) mass is 175 g/mol. The Labute approximate surface area is 70.3 Å². The lowest BCUT2D eigenvalue weighted by molar-refractivity contribution is 0.202. The van der Waals surface area contributed by atoms with Crippen molar-refractivity contribution in [2.75, 3.05) is 13.1 Å². The van der Waals surface area contributed by atoms with Gasteiger partial charge in [0, 0.05) is 31.3 Å². The van der Waals surface area contributed by atoms with E-state index in [-0.39, 0.29) is 6.03 Å². The van der Waals surface area contributed by atoms with Crippen LogP contribution < -0.4 is 5.32 Å². The van der Waals surface area contributed by atoms with E-state index in [0.717, 1.165) is 6.54 Å². The van der Waals surface area contributed by atoms with Gasteiger partial charge in [0.2, 0.25) is 0 Å². The average Bonchev–Trinajstić information content (AvgIpc) is 2.04. The number of rotatable bonds is 1. The number of nitrogens with zero attached hydrogens (tertiary/aromatic N) is 2. The molecule has 1 rings (SSSR count). The van der Waals surface area contributed by atoms with Gasteiger partial charge in [-0.2, -0.15) is 4.51 Å². The Morgan fingerprint density at radius 1 is 1.82 bits per heavy atom. The molecule has 1 fully saturated rings. The molecule has 1 aliphatic heterocycles. The molecule has 2 amide bonds. The van der Waals surface area contributed by atoms with Gasteiger partial charge in [0.15, 0.2) is 0 Å². The second-order valence-corrected chi connectivity index (χ2v) is 2.46. The number of amidine groups is 1. The number of hydrogen-bond acceptors (Lipinski definition) is 2. The zero-order chi connectivity index (χ0) is 8.27. The Morgan fingerprint density at radius 2 is 2.55 bits per heavy atom. The molecule has 1 aliphatic rings. The van der Waals surface area contributed by atoms with Crippen molar-refractivity contribution in [2.24, 2.45) is 4.51 Å². The van der Waals surface area contributed by atoms with Crippen LogP contribution in [0.15, 0.2) is 4.51 Å². The lowest BCUT2D eigenvalue weighted by Crippen LogP contribution is -2.49. The molecule has 0 atom stereocenters. The van der Waals surface area contributed by atoms with Crippen molar-refractivity contribution >= 4 is 23.6 Å². The molecule has 0 aromatic carbocycles. The van der Waals surface area contributed by atoms with Crippen LogP contribution in [0.2, 0.25) is 0 Å². The fourth-order valence-electron chi connectivity index (χ4n) is 0.973. The minimum Gasteiger partial charge on any atom is -0.324 e. The first-order valence-corrected chi connectivity index (χ1v) is 3.85. The Kier molecular flexibility index (Phi) is 2.70. The van der Waals surface area contributed by atoms with Crippen LogP contribution in [-0.4, -0.2) is 29.9 Å². The predicted molar refractivity (Wildman–Crippen MR) is 43.7 cm³/mol. The molecule has 0 aliphatic carbocycles. The quantitative estimate of drug-likeness (QED) is 0.634. The highest BCUT2D eigenvalue weighted by atomic mass is 35.5. The molecule has 4 nitrogen and oxygen atoms in total. The van der Waals surface area contributed by atoms with Crippen LogP contribution >= 0.6 is 11.8 Å². The van der Waals surface area contributed by atoms with Crippen LogP contribution in [0.3, 0.4) is 0 Å². The third-order valence-electron chi connectivity index (χ3n) is 1.64. The smallest absolute Gasteiger partial charge is 0.322 e. The first-order chi connectivity index (χ1) is 5.27. The number of carbonyl (C=O) groups excluding carboxylic acids is 1. The Balaban J connectivity index is 2.55. The van der Waals surface area contributed by atoms with Crippen molar-refractivity contribution in [3.63, 3.8) is 0 Å². The lowest BCUT2D eigenvalue weighted by atomic mass is 10.3. The third-order valence-corrected chi connectivity index (χ3v) is 1.84. The van der Waals surface area contributed by atoms with E-state index in [1.54, 1.807) is 4.90 Å². The molecule has 0 bridgehead atoms. The molecule has 0 aromatic rings. The van der Waals surface area contributed by atoms with Gasteiger partial charge in [-0.15, -0.1) is 0 Å². The first kappa shape index (κ1) is 8.33. The van der Waals surface area contributed by atoms with Crippen LogP contribution in [0.1, 0.15) is 13.3 Å². The van der Waals surface area contributed by atoms with E-state index < -0.39 is 0 Å². The predicted octanol–water partition coefficient (Wildman–Crippen LogP) is 0.974. The largest absolute Gasteiger partial charge is 0.324 e. The molecule has 11 heavy (non-hydrogen) atoms. The van der Waals surface area contributed by atoms with E-state index in [2.05, 4.69) is 9.83 Å². The summed E-state index contributed by atoms with van der Waals surface area (Å²) in [7, 11) is 0.